The van der Waals surface area contributed by atoms with Crippen LogP contribution in [0.1, 0.15) is 26.3 Å². The maximum atomic E-state index is 11.3. The second-order valence-electron chi connectivity index (χ2n) is 4.00. The Kier molecular flexibility index (Phi) is 7.15. The summed E-state index contributed by atoms with van der Waals surface area (Å²) in [5.41, 5.74) is 0.705. The number of carbonyl (C=O) groups is 1. The van der Waals surface area contributed by atoms with Crippen LogP contribution in [0.15, 0.2) is 18.2 Å². The second kappa shape index (κ2) is 8.89. The fourth-order valence-corrected chi connectivity index (χ4v) is 1.76. The zero-order chi connectivity index (χ0) is 15.7. The fraction of sp³-hybridized carbons (Fsp3) is 0.438. The van der Waals surface area contributed by atoms with E-state index in [9.17, 15) is 4.79 Å². The van der Waals surface area contributed by atoms with E-state index >= 15 is 0 Å². The van der Waals surface area contributed by atoms with Crippen LogP contribution in [0, 0.1) is 0 Å². The van der Waals surface area contributed by atoms with Crippen molar-refractivity contribution in [2.24, 2.45) is 0 Å². The summed E-state index contributed by atoms with van der Waals surface area (Å²) in [6.45, 7) is 7.23. The Morgan fingerprint density at radius 1 is 1.05 bits per heavy atom. The van der Waals surface area contributed by atoms with Crippen molar-refractivity contribution < 1.29 is 23.7 Å². The van der Waals surface area contributed by atoms with E-state index in [1.807, 2.05) is 20.8 Å². The molecule has 0 spiro atoms. The van der Waals surface area contributed by atoms with E-state index in [2.05, 4.69) is 4.74 Å². The largest absolute Gasteiger partial charge is 0.494 e. The average Bonchev–Trinajstić information content (AvgIpc) is 2.48. The Labute approximate surface area is 125 Å². The molecule has 5 heteroatoms. The highest BCUT2D eigenvalue weighted by molar-refractivity contribution is 5.88. The van der Waals surface area contributed by atoms with Crippen molar-refractivity contribution in [3.05, 3.63) is 23.8 Å². The molecule has 21 heavy (non-hydrogen) atoms. The van der Waals surface area contributed by atoms with Gasteiger partial charge in [-0.2, -0.15) is 0 Å². The SMILES string of the molecule is CCOc1cc(C=CC(=O)OC)c(OCC)c(OCC)c1. The molecule has 0 aromatic heterocycles. The second-order valence-corrected chi connectivity index (χ2v) is 4.00. The normalized spacial score (nSPS) is 10.5. The first-order chi connectivity index (χ1) is 10.2. The Hall–Kier alpha value is -2.17. The van der Waals surface area contributed by atoms with Crippen molar-refractivity contribution in [3.63, 3.8) is 0 Å². The summed E-state index contributed by atoms with van der Waals surface area (Å²) in [6.07, 6.45) is 2.96. The minimum Gasteiger partial charge on any atom is -0.494 e. The Morgan fingerprint density at radius 3 is 2.29 bits per heavy atom. The van der Waals surface area contributed by atoms with E-state index in [0.29, 0.717) is 42.6 Å². The van der Waals surface area contributed by atoms with E-state index in [4.69, 9.17) is 14.2 Å². The lowest BCUT2D eigenvalue weighted by Gasteiger charge is -2.15. The molecule has 0 N–H and O–H groups in total. The van der Waals surface area contributed by atoms with Gasteiger partial charge >= 0.3 is 5.97 Å². The van der Waals surface area contributed by atoms with Crippen LogP contribution in [0.2, 0.25) is 0 Å². The standard InChI is InChI=1S/C16H22O5/c1-5-19-13-10-12(8-9-15(17)18-4)16(21-7-3)14(11-13)20-6-2/h8-11H,5-7H2,1-4H3. The van der Waals surface area contributed by atoms with Crippen LogP contribution >= 0.6 is 0 Å². The van der Waals surface area contributed by atoms with Crippen molar-refractivity contribution in [1.29, 1.82) is 0 Å². The fourth-order valence-electron chi connectivity index (χ4n) is 1.76. The number of esters is 1. The average molecular weight is 294 g/mol. The van der Waals surface area contributed by atoms with E-state index in [-0.39, 0.29) is 0 Å². The lowest BCUT2D eigenvalue weighted by Crippen LogP contribution is -2.02. The smallest absolute Gasteiger partial charge is 0.330 e. The zero-order valence-corrected chi connectivity index (χ0v) is 13.0. The van der Waals surface area contributed by atoms with E-state index in [1.165, 1.54) is 13.2 Å². The molecule has 0 bridgehead atoms. The highest BCUT2D eigenvalue weighted by Crippen LogP contribution is 2.37. The first-order valence-corrected chi connectivity index (χ1v) is 6.98. The molecule has 0 aliphatic heterocycles. The first-order valence-electron chi connectivity index (χ1n) is 6.98. The van der Waals surface area contributed by atoms with Gasteiger partial charge in [0.25, 0.3) is 0 Å². The lowest BCUT2D eigenvalue weighted by atomic mass is 10.1. The minimum absolute atomic E-state index is 0.433. The van der Waals surface area contributed by atoms with Crippen molar-refractivity contribution in [2.45, 2.75) is 20.8 Å². The molecule has 1 aromatic rings. The van der Waals surface area contributed by atoms with E-state index < -0.39 is 5.97 Å². The molecule has 0 amide bonds. The molecule has 0 heterocycles. The van der Waals surface area contributed by atoms with Gasteiger partial charge in [0.2, 0.25) is 0 Å². The van der Waals surface area contributed by atoms with Crippen LogP contribution < -0.4 is 14.2 Å². The van der Waals surface area contributed by atoms with Crippen LogP contribution in [0.4, 0.5) is 0 Å². The quantitative estimate of drug-likeness (QED) is 0.545. The van der Waals surface area contributed by atoms with Gasteiger partial charge in [-0.3, -0.25) is 0 Å². The van der Waals surface area contributed by atoms with Crippen LogP contribution in [0.5, 0.6) is 17.2 Å². The molecule has 0 atom stereocenters. The Morgan fingerprint density at radius 2 is 1.71 bits per heavy atom. The van der Waals surface area contributed by atoms with Gasteiger partial charge < -0.3 is 18.9 Å². The summed E-state index contributed by atoms with van der Waals surface area (Å²) >= 11 is 0. The van der Waals surface area contributed by atoms with Crippen molar-refractivity contribution in [1.82, 2.24) is 0 Å². The van der Waals surface area contributed by atoms with Gasteiger partial charge in [-0.25, -0.2) is 4.79 Å². The molecule has 0 unspecified atom stereocenters. The third-order valence-corrected chi connectivity index (χ3v) is 2.56. The summed E-state index contributed by atoms with van der Waals surface area (Å²) < 4.78 is 21.3. The molecule has 0 saturated carbocycles. The number of hydrogen-bond acceptors (Lipinski definition) is 5. The third-order valence-electron chi connectivity index (χ3n) is 2.56. The van der Waals surface area contributed by atoms with Crippen LogP contribution in [-0.2, 0) is 9.53 Å². The highest BCUT2D eigenvalue weighted by atomic mass is 16.5. The summed E-state index contributed by atoms with van der Waals surface area (Å²) in [5.74, 6) is 1.41. The topological polar surface area (TPSA) is 54.0 Å². The van der Waals surface area contributed by atoms with E-state index in [0.717, 1.165) is 0 Å². The molecule has 1 rings (SSSR count). The number of methoxy groups -OCH3 is 1. The Bertz CT molecular complexity index is 494. The zero-order valence-electron chi connectivity index (χ0n) is 13.0. The number of ether oxygens (including phenoxy) is 4. The molecule has 116 valence electrons. The third kappa shape index (κ3) is 5.02. The van der Waals surface area contributed by atoms with Crippen molar-refractivity contribution in [2.75, 3.05) is 26.9 Å². The maximum absolute atomic E-state index is 11.3. The molecule has 5 nitrogen and oxygen atoms in total. The van der Waals surface area contributed by atoms with Gasteiger partial charge in [-0.1, -0.05) is 0 Å². The van der Waals surface area contributed by atoms with Crippen LogP contribution in [0.3, 0.4) is 0 Å². The number of rotatable bonds is 8. The highest BCUT2D eigenvalue weighted by Gasteiger charge is 2.13. The summed E-state index contributed by atoms with van der Waals surface area (Å²) in [5, 5.41) is 0. The molecular weight excluding hydrogens is 272 g/mol. The van der Waals surface area contributed by atoms with Gasteiger partial charge in [0, 0.05) is 17.7 Å². The predicted octanol–water partition coefficient (Wildman–Crippen LogP) is 3.07. The molecule has 0 saturated heterocycles. The maximum Gasteiger partial charge on any atom is 0.330 e. The predicted molar refractivity (Wildman–Crippen MR) is 81.0 cm³/mol. The van der Waals surface area contributed by atoms with Gasteiger partial charge in [-0.15, -0.1) is 0 Å². The number of benzene rings is 1. The first kappa shape index (κ1) is 16.9. The van der Waals surface area contributed by atoms with Gasteiger partial charge in [0.05, 0.1) is 26.9 Å². The van der Waals surface area contributed by atoms with E-state index in [1.54, 1.807) is 18.2 Å². The summed E-state index contributed by atoms with van der Waals surface area (Å²) in [4.78, 5) is 11.3. The Balaban J connectivity index is 3.26. The number of hydrogen-bond donors (Lipinski definition) is 0. The molecular formula is C16H22O5. The van der Waals surface area contributed by atoms with Gasteiger partial charge in [0.15, 0.2) is 11.5 Å². The van der Waals surface area contributed by atoms with Gasteiger partial charge in [0.1, 0.15) is 5.75 Å². The lowest BCUT2D eigenvalue weighted by molar-refractivity contribution is -0.134. The van der Waals surface area contributed by atoms with Crippen molar-refractivity contribution in [3.8, 4) is 17.2 Å². The number of carbonyl (C=O) groups excluding carboxylic acids is 1. The minimum atomic E-state index is -0.433. The monoisotopic (exact) mass is 294 g/mol. The molecule has 0 aliphatic rings. The summed E-state index contributed by atoms with van der Waals surface area (Å²) in [7, 11) is 1.33. The molecule has 1 aromatic carbocycles. The van der Waals surface area contributed by atoms with Crippen molar-refractivity contribution >= 4 is 12.0 Å². The van der Waals surface area contributed by atoms with Crippen LogP contribution in [-0.4, -0.2) is 32.9 Å². The van der Waals surface area contributed by atoms with Gasteiger partial charge in [-0.05, 0) is 32.9 Å². The summed E-state index contributed by atoms with van der Waals surface area (Å²) in [6, 6.07) is 3.59. The molecule has 0 fully saturated rings. The molecule has 0 radical (unpaired) electrons. The van der Waals surface area contributed by atoms with Crippen LogP contribution in [0.25, 0.3) is 6.08 Å². The molecule has 0 aliphatic carbocycles.